The van der Waals surface area contributed by atoms with Crippen molar-refractivity contribution in [1.29, 1.82) is 0 Å². The maximum Gasteiger partial charge on any atom is 0.112 e. The fraction of sp³-hybridized carbons (Fsp3) is 1.00. The summed E-state index contributed by atoms with van der Waals surface area (Å²) in [6.07, 6.45) is 5.76. The molecule has 96 valence electrons. The molecule has 0 spiro atoms. The number of nitrogens with zero attached hydrogens (tertiary/aromatic N) is 1. The Morgan fingerprint density at radius 2 is 2.06 bits per heavy atom. The number of hydrogen-bond acceptors (Lipinski definition) is 4. The van der Waals surface area contributed by atoms with Gasteiger partial charge in [-0.05, 0) is 32.9 Å². The summed E-state index contributed by atoms with van der Waals surface area (Å²) in [5, 5.41) is 12.2. The summed E-state index contributed by atoms with van der Waals surface area (Å²) < 4.78 is 5.85. The van der Waals surface area contributed by atoms with Gasteiger partial charge in [0, 0.05) is 32.7 Å². The first kappa shape index (κ1) is 13.9. The molecule has 0 saturated carbocycles. The monoisotopic (exact) mass is 230 g/mol. The van der Waals surface area contributed by atoms with Crippen LogP contribution in [0.4, 0.5) is 0 Å². The fourth-order valence-corrected chi connectivity index (χ4v) is 2.16. The molecule has 0 radical (unpaired) electrons. The number of hydrogen-bond donors (Lipinski definition) is 2. The summed E-state index contributed by atoms with van der Waals surface area (Å²) in [5.41, 5.74) is 0. The molecular formula is C12H26N2O2. The number of ether oxygens (including phenoxy) is 1. The molecule has 1 fully saturated rings. The lowest BCUT2D eigenvalue weighted by Gasteiger charge is -2.34. The van der Waals surface area contributed by atoms with Crippen molar-refractivity contribution in [2.45, 2.75) is 38.3 Å². The first-order valence-corrected chi connectivity index (χ1v) is 6.49. The van der Waals surface area contributed by atoms with Gasteiger partial charge in [-0.2, -0.15) is 0 Å². The molecule has 0 aromatic rings. The van der Waals surface area contributed by atoms with Crippen LogP contribution >= 0.6 is 0 Å². The third kappa shape index (κ3) is 5.25. The van der Waals surface area contributed by atoms with Crippen molar-refractivity contribution in [2.75, 3.05) is 39.9 Å². The molecule has 0 bridgehead atoms. The molecule has 0 amide bonds. The van der Waals surface area contributed by atoms with Crippen molar-refractivity contribution in [3.8, 4) is 0 Å². The Balaban J connectivity index is 2.22. The van der Waals surface area contributed by atoms with Crippen molar-refractivity contribution < 1.29 is 9.84 Å². The van der Waals surface area contributed by atoms with Gasteiger partial charge in [0.05, 0.1) is 0 Å². The lowest BCUT2D eigenvalue weighted by atomic mass is 10.1. The van der Waals surface area contributed by atoms with Crippen LogP contribution in [0.1, 0.15) is 32.1 Å². The van der Waals surface area contributed by atoms with Gasteiger partial charge in [-0.1, -0.05) is 6.42 Å². The topological polar surface area (TPSA) is 44.7 Å². The van der Waals surface area contributed by atoms with Gasteiger partial charge < -0.3 is 15.2 Å². The number of piperidine rings is 1. The minimum absolute atomic E-state index is 0.127. The average molecular weight is 230 g/mol. The van der Waals surface area contributed by atoms with E-state index in [9.17, 15) is 0 Å². The highest BCUT2D eigenvalue weighted by Crippen LogP contribution is 2.15. The van der Waals surface area contributed by atoms with Crippen LogP contribution in [0.15, 0.2) is 0 Å². The normalized spacial score (nSPS) is 19.9. The summed E-state index contributed by atoms with van der Waals surface area (Å²) in [7, 11) is 1.95. The van der Waals surface area contributed by atoms with Gasteiger partial charge in [0.1, 0.15) is 6.23 Å². The SMILES string of the molecule is CNCCCOC(CCO)N1CCCCC1. The quantitative estimate of drug-likeness (QED) is 0.606. The van der Waals surface area contributed by atoms with E-state index < -0.39 is 0 Å². The molecule has 1 unspecified atom stereocenters. The van der Waals surface area contributed by atoms with Crippen LogP contribution < -0.4 is 5.32 Å². The zero-order chi connectivity index (χ0) is 11.6. The first-order chi connectivity index (χ1) is 7.88. The van der Waals surface area contributed by atoms with Gasteiger partial charge in [-0.15, -0.1) is 0 Å². The minimum atomic E-state index is 0.127. The zero-order valence-corrected chi connectivity index (χ0v) is 10.5. The fourth-order valence-electron chi connectivity index (χ4n) is 2.16. The van der Waals surface area contributed by atoms with Gasteiger partial charge in [0.2, 0.25) is 0 Å². The molecule has 0 aromatic carbocycles. The third-order valence-electron chi connectivity index (χ3n) is 3.06. The van der Waals surface area contributed by atoms with E-state index >= 15 is 0 Å². The first-order valence-electron chi connectivity index (χ1n) is 6.49. The van der Waals surface area contributed by atoms with Crippen LogP contribution in [0.3, 0.4) is 0 Å². The van der Waals surface area contributed by atoms with Gasteiger partial charge in [-0.3, -0.25) is 4.90 Å². The molecule has 1 aliphatic heterocycles. The Hall–Kier alpha value is -0.160. The van der Waals surface area contributed by atoms with Crippen LogP contribution in [0.2, 0.25) is 0 Å². The van der Waals surface area contributed by atoms with Gasteiger partial charge >= 0.3 is 0 Å². The second-order valence-corrected chi connectivity index (χ2v) is 4.39. The third-order valence-corrected chi connectivity index (χ3v) is 3.06. The molecule has 4 nitrogen and oxygen atoms in total. The predicted molar refractivity (Wildman–Crippen MR) is 65.4 cm³/mol. The number of likely N-dealkylation sites (tertiary alicyclic amines) is 1. The van der Waals surface area contributed by atoms with Crippen molar-refractivity contribution in [3.63, 3.8) is 0 Å². The Kier molecular flexibility index (Phi) is 7.76. The maximum atomic E-state index is 9.05. The standard InChI is InChI=1S/C12H26N2O2/c1-13-7-5-11-16-12(6-10-15)14-8-3-2-4-9-14/h12-13,15H,2-11H2,1H3. The largest absolute Gasteiger partial charge is 0.396 e. The van der Waals surface area contributed by atoms with E-state index in [1.807, 2.05) is 7.05 Å². The average Bonchev–Trinajstić information content (AvgIpc) is 2.34. The molecule has 16 heavy (non-hydrogen) atoms. The van der Waals surface area contributed by atoms with Gasteiger partial charge in [0.25, 0.3) is 0 Å². The molecule has 2 N–H and O–H groups in total. The molecule has 4 heteroatoms. The molecule has 1 rings (SSSR count). The summed E-state index contributed by atoms with van der Waals surface area (Å²) in [6.45, 7) is 4.23. The summed E-state index contributed by atoms with van der Waals surface area (Å²) in [5.74, 6) is 0. The van der Waals surface area contributed by atoms with E-state index in [0.717, 1.165) is 39.1 Å². The number of aliphatic hydroxyl groups is 1. The lowest BCUT2D eigenvalue weighted by Crippen LogP contribution is -2.41. The van der Waals surface area contributed by atoms with E-state index in [0.29, 0.717) is 0 Å². The van der Waals surface area contributed by atoms with E-state index in [4.69, 9.17) is 9.84 Å². The van der Waals surface area contributed by atoms with Crippen molar-refractivity contribution in [3.05, 3.63) is 0 Å². The molecule has 0 aromatic heterocycles. The van der Waals surface area contributed by atoms with Crippen LogP contribution in [0.5, 0.6) is 0 Å². The zero-order valence-electron chi connectivity index (χ0n) is 10.5. The van der Waals surface area contributed by atoms with E-state index in [1.165, 1.54) is 19.3 Å². The molecule has 1 heterocycles. The Morgan fingerprint density at radius 1 is 1.31 bits per heavy atom. The van der Waals surface area contributed by atoms with Gasteiger partial charge in [-0.25, -0.2) is 0 Å². The van der Waals surface area contributed by atoms with E-state index in [2.05, 4.69) is 10.2 Å². The smallest absolute Gasteiger partial charge is 0.112 e. The minimum Gasteiger partial charge on any atom is -0.396 e. The van der Waals surface area contributed by atoms with Gasteiger partial charge in [0.15, 0.2) is 0 Å². The molecule has 1 saturated heterocycles. The summed E-state index contributed by atoms with van der Waals surface area (Å²) >= 11 is 0. The lowest BCUT2D eigenvalue weighted by molar-refractivity contribution is -0.0777. The Bertz CT molecular complexity index is 161. The maximum absolute atomic E-state index is 9.05. The highest BCUT2D eigenvalue weighted by molar-refractivity contribution is 4.68. The summed E-state index contributed by atoms with van der Waals surface area (Å²) in [4.78, 5) is 2.37. The van der Waals surface area contributed by atoms with E-state index in [-0.39, 0.29) is 12.8 Å². The van der Waals surface area contributed by atoms with E-state index in [1.54, 1.807) is 0 Å². The number of aliphatic hydroxyl groups excluding tert-OH is 1. The van der Waals surface area contributed by atoms with Crippen molar-refractivity contribution >= 4 is 0 Å². The molecular weight excluding hydrogens is 204 g/mol. The second kappa shape index (κ2) is 8.93. The molecule has 0 aliphatic carbocycles. The summed E-state index contributed by atoms with van der Waals surface area (Å²) in [6, 6.07) is 0. The number of rotatable bonds is 8. The highest BCUT2D eigenvalue weighted by atomic mass is 16.5. The Labute approximate surface area is 99.0 Å². The Morgan fingerprint density at radius 3 is 2.69 bits per heavy atom. The van der Waals surface area contributed by atoms with Crippen LogP contribution in [-0.2, 0) is 4.74 Å². The van der Waals surface area contributed by atoms with Crippen LogP contribution in [0, 0.1) is 0 Å². The van der Waals surface area contributed by atoms with Crippen LogP contribution in [0.25, 0.3) is 0 Å². The van der Waals surface area contributed by atoms with Crippen LogP contribution in [-0.4, -0.2) is 56.1 Å². The van der Waals surface area contributed by atoms with Crippen molar-refractivity contribution in [1.82, 2.24) is 10.2 Å². The molecule has 1 atom stereocenters. The predicted octanol–water partition coefficient (Wildman–Crippen LogP) is 0.807. The van der Waals surface area contributed by atoms with Crippen molar-refractivity contribution in [2.24, 2.45) is 0 Å². The molecule has 1 aliphatic rings. The second-order valence-electron chi connectivity index (χ2n) is 4.39. The number of nitrogens with one attached hydrogen (secondary N) is 1. The highest BCUT2D eigenvalue weighted by Gasteiger charge is 2.20.